The Kier molecular flexibility index (Phi) is 68.9. The molecule has 530 valence electrons. The standard InChI is InChI=1S/C82H144NO8P/c1-6-8-10-12-14-16-18-20-22-24-26-28-30-32-34-35-36-37-38-39-40-41-42-43-44-45-46-47-49-51-53-55-57-59-61-63-65-67-69-71-73-75-82(85)91-80(79-90-92(86,87)89-77-76-83(3,4)5)78-88-81(84)74-72-70-68-66-64-62-60-58-56-54-52-50-48-33-31-29-27-25-23-21-19-17-15-13-11-9-7-2/h8,10,14,16,19-22,25-28,32,34,36-37,39-40,42-43,80H,6-7,9,11-13,15,17-18,23-24,29-31,33,35,38,41,44-79H2,1-5H3/p+1/b10-8-,16-14-,21-19-,22-20-,27-25-,28-26-,34-32-,37-36-,40-39-,43-42-. The van der Waals surface area contributed by atoms with Crippen LogP contribution in [0.25, 0.3) is 0 Å². The molecule has 0 saturated carbocycles. The van der Waals surface area contributed by atoms with Gasteiger partial charge in [0.2, 0.25) is 0 Å². The first-order valence-corrected chi connectivity index (χ1v) is 39.8. The molecule has 2 atom stereocenters. The van der Waals surface area contributed by atoms with Crippen LogP contribution in [-0.2, 0) is 32.7 Å². The molecule has 2 unspecified atom stereocenters. The van der Waals surface area contributed by atoms with Crippen molar-refractivity contribution in [2.45, 2.75) is 341 Å². The molecule has 9 nitrogen and oxygen atoms in total. The lowest BCUT2D eigenvalue weighted by molar-refractivity contribution is -0.870. The van der Waals surface area contributed by atoms with E-state index in [1.54, 1.807) is 0 Å². The lowest BCUT2D eigenvalue weighted by Gasteiger charge is -2.24. The van der Waals surface area contributed by atoms with Crippen LogP contribution in [0.3, 0.4) is 0 Å². The number of phosphoric acid groups is 1. The topological polar surface area (TPSA) is 108 Å². The minimum absolute atomic E-state index is 0.0293. The van der Waals surface area contributed by atoms with E-state index in [9.17, 15) is 19.0 Å². The number of allylic oxidation sites excluding steroid dienone is 20. The van der Waals surface area contributed by atoms with Crippen molar-refractivity contribution in [1.29, 1.82) is 0 Å². The molecule has 0 saturated heterocycles. The Labute approximate surface area is 568 Å². The fourth-order valence-electron chi connectivity index (χ4n) is 10.7. The zero-order valence-corrected chi connectivity index (χ0v) is 61.4. The number of phosphoric ester groups is 1. The van der Waals surface area contributed by atoms with Gasteiger partial charge in [0.1, 0.15) is 19.8 Å². The van der Waals surface area contributed by atoms with E-state index in [0.717, 1.165) is 96.3 Å². The van der Waals surface area contributed by atoms with E-state index < -0.39 is 26.5 Å². The number of hydrogen-bond donors (Lipinski definition) is 1. The maximum absolute atomic E-state index is 12.9. The van der Waals surface area contributed by atoms with Crippen LogP contribution in [0.1, 0.15) is 335 Å². The molecule has 0 aromatic rings. The highest BCUT2D eigenvalue weighted by atomic mass is 31.2. The second-order valence-electron chi connectivity index (χ2n) is 26.7. The van der Waals surface area contributed by atoms with Crippen molar-refractivity contribution in [3.8, 4) is 0 Å². The van der Waals surface area contributed by atoms with E-state index >= 15 is 0 Å². The molecule has 92 heavy (non-hydrogen) atoms. The molecular weight excluding hydrogens is 1160 g/mol. The largest absolute Gasteiger partial charge is 0.472 e. The maximum atomic E-state index is 12.9. The number of carbonyl (C=O) groups is 2. The lowest BCUT2D eigenvalue weighted by Crippen LogP contribution is -2.37. The van der Waals surface area contributed by atoms with E-state index in [2.05, 4.69) is 135 Å². The summed E-state index contributed by atoms with van der Waals surface area (Å²) in [5.41, 5.74) is 0. The third-order valence-corrected chi connectivity index (χ3v) is 17.5. The first-order chi connectivity index (χ1) is 45.0. The predicted octanol–water partition coefficient (Wildman–Crippen LogP) is 25.4. The molecule has 0 rings (SSSR count). The molecule has 0 fully saturated rings. The van der Waals surface area contributed by atoms with E-state index in [4.69, 9.17) is 18.5 Å². The molecule has 0 aromatic carbocycles. The van der Waals surface area contributed by atoms with Crippen LogP contribution in [0.5, 0.6) is 0 Å². The maximum Gasteiger partial charge on any atom is 0.472 e. The second-order valence-corrected chi connectivity index (χ2v) is 28.1. The van der Waals surface area contributed by atoms with Crippen molar-refractivity contribution in [3.05, 3.63) is 122 Å². The minimum Gasteiger partial charge on any atom is -0.462 e. The van der Waals surface area contributed by atoms with E-state index in [0.29, 0.717) is 17.4 Å². The Morgan fingerprint density at radius 1 is 0.348 bits per heavy atom. The highest BCUT2D eigenvalue weighted by molar-refractivity contribution is 7.47. The van der Waals surface area contributed by atoms with Gasteiger partial charge in [0.25, 0.3) is 0 Å². The average Bonchev–Trinajstić information content (AvgIpc) is 2.23. The van der Waals surface area contributed by atoms with E-state index in [1.165, 1.54) is 205 Å². The Morgan fingerprint density at radius 3 is 0.924 bits per heavy atom. The summed E-state index contributed by atoms with van der Waals surface area (Å²) in [6, 6.07) is 0. The zero-order valence-electron chi connectivity index (χ0n) is 60.5. The fraction of sp³-hybridized carbons (Fsp3) is 0.732. The summed E-state index contributed by atoms with van der Waals surface area (Å²) < 4.78 is 34.8. The molecular formula is C82H145NO8P+. The monoisotopic (exact) mass is 1300 g/mol. The molecule has 0 amide bonds. The van der Waals surface area contributed by atoms with Crippen LogP contribution in [0, 0.1) is 0 Å². The van der Waals surface area contributed by atoms with E-state index in [-0.39, 0.29) is 32.0 Å². The summed E-state index contributed by atoms with van der Waals surface area (Å²) in [6.07, 6.45) is 103. The van der Waals surface area contributed by atoms with Gasteiger partial charge in [-0.25, -0.2) is 4.57 Å². The Morgan fingerprint density at radius 2 is 0.620 bits per heavy atom. The third-order valence-electron chi connectivity index (χ3n) is 16.5. The summed E-state index contributed by atoms with van der Waals surface area (Å²) in [4.78, 5) is 35.9. The number of likely N-dealkylation sites (N-methyl/N-ethyl adjacent to an activating group) is 1. The number of ether oxygens (including phenoxy) is 2. The summed E-state index contributed by atoms with van der Waals surface area (Å²) >= 11 is 0. The van der Waals surface area contributed by atoms with E-state index in [1.807, 2.05) is 21.1 Å². The third kappa shape index (κ3) is 75.4. The number of quaternary nitrogens is 1. The van der Waals surface area contributed by atoms with Gasteiger partial charge in [0.05, 0.1) is 27.7 Å². The van der Waals surface area contributed by atoms with Crippen molar-refractivity contribution < 1.29 is 42.1 Å². The van der Waals surface area contributed by atoms with Crippen molar-refractivity contribution in [3.63, 3.8) is 0 Å². The summed E-state index contributed by atoms with van der Waals surface area (Å²) in [7, 11) is 1.48. The average molecular weight is 1300 g/mol. The summed E-state index contributed by atoms with van der Waals surface area (Å²) in [5, 5.41) is 0. The minimum atomic E-state index is -4.40. The number of nitrogens with zero attached hydrogens (tertiary/aromatic N) is 1. The molecule has 0 heterocycles. The Hall–Kier alpha value is -3.59. The van der Waals surface area contributed by atoms with Gasteiger partial charge >= 0.3 is 19.8 Å². The van der Waals surface area contributed by atoms with Gasteiger partial charge in [-0.1, -0.05) is 334 Å². The van der Waals surface area contributed by atoms with Crippen LogP contribution in [0.15, 0.2) is 122 Å². The lowest BCUT2D eigenvalue weighted by atomic mass is 10.0. The Balaban J connectivity index is 3.99. The number of unbranched alkanes of at least 4 members (excludes halogenated alkanes) is 36. The number of carbonyl (C=O) groups excluding carboxylic acids is 2. The highest BCUT2D eigenvalue weighted by Crippen LogP contribution is 2.43. The van der Waals surface area contributed by atoms with Crippen LogP contribution in [-0.4, -0.2) is 74.9 Å². The van der Waals surface area contributed by atoms with Gasteiger partial charge in [-0.3, -0.25) is 18.6 Å². The molecule has 0 aliphatic heterocycles. The van der Waals surface area contributed by atoms with Crippen molar-refractivity contribution in [1.82, 2.24) is 0 Å². The Bertz CT molecular complexity index is 1970. The van der Waals surface area contributed by atoms with Gasteiger partial charge in [-0.2, -0.15) is 0 Å². The normalized spacial score (nSPS) is 13.8. The van der Waals surface area contributed by atoms with Crippen LogP contribution in [0.2, 0.25) is 0 Å². The summed E-state index contributed by atoms with van der Waals surface area (Å²) in [6.45, 7) is 4.34. The van der Waals surface area contributed by atoms with Crippen LogP contribution in [0.4, 0.5) is 0 Å². The van der Waals surface area contributed by atoms with Crippen LogP contribution < -0.4 is 0 Å². The molecule has 0 aliphatic rings. The fourth-order valence-corrected chi connectivity index (χ4v) is 11.4. The van der Waals surface area contributed by atoms with Gasteiger partial charge < -0.3 is 18.9 Å². The zero-order chi connectivity index (χ0) is 66.9. The van der Waals surface area contributed by atoms with Crippen molar-refractivity contribution in [2.75, 3.05) is 47.5 Å². The van der Waals surface area contributed by atoms with Gasteiger partial charge in [0, 0.05) is 12.8 Å². The molecule has 10 heteroatoms. The van der Waals surface area contributed by atoms with Crippen molar-refractivity contribution >= 4 is 19.8 Å². The quantitative estimate of drug-likeness (QED) is 0.0211. The predicted molar refractivity (Wildman–Crippen MR) is 399 cm³/mol. The van der Waals surface area contributed by atoms with Crippen LogP contribution >= 0.6 is 7.82 Å². The van der Waals surface area contributed by atoms with Gasteiger partial charge in [-0.15, -0.1) is 0 Å². The first-order valence-electron chi connectivity index (χ1n) is 38.3. The molecule has 0 spiro atoms. The van der Waals surface area contributed by atoms with Gasteiger partial charge in [-0.05, 0) is 109 Å². The second kappa shape index (κ2) is 71.7. The number of hydrogen-bond acceptors (Lipinski definition) is 7. The number of rotatable bonds is 70. The number of esters is 2. The highest BCUT2D eigenvalue weighted by Gasteiger charge is 2.27. The van der Waals surface area contributed by atoms with Crippen molar-refractivity contribution in [2.24, 2.45) is 0 Å². The molecule has 0 radical (unpaired) electrons. The summed E-state index contributed by atoms with van der Waals surface area (Å²) in [5.74, 6) is -0.788. The SMILES string of the molecule is CC/C=C\C/C=C\C/C=C\C/C=C\C/C=C\C/C=C\C/C=C\C/C=C\CCCCCCCCCCCCCCCCCCC(=O)OC(COC(=O)CCCCCCCCCCCCCCCCC/C=C\C/C=C\CCCCCCC)COP(=O)(O)OCC[N+](C)(C)C. The molecule has 0 aliphatic carbocycles. The first kappa shape index (κ1) is 88.4. The molecule has 0 bridgehead atoms. The van der Waals surface area contributed by atoms with Gasteiger partial charge in [0.15, 0.2) is 6.10 Å². The molecule has 1 N–H and O–H groups in total. The molecule has 0 aromatic heterocycles. The smallest absolute Gasteiger partial charge is 0.462 e.